The SMILES string of the molecule is CCc1cc[c-]cc1.[NH-]C(=S)S.[Zn+2]. The maximum atomic E-state index is 6.18. The summed E-state index contributed by atoms with van der Waals surface area (Å²) in [7, 11) is 0. The fourth-order valence-corrected chi connectivity index (χ4v) is 0.657. The predicted octanol–water partition coefficient (Wildman–Crippen LogP) is 3.30. The van der Waals surface area contributed by atoms with Crippen LogP contribution in [0.25, 0.3) is 5.73 Å². The van der Waals surface area contributed by atoms with E-state index in [1.165, 1.54) is 5.56 Å². The van der Waals surface area contributed by atoms with Gasteiger partial charge in [-0.15, -0.1) is 0 Å². The summed E-state index contributed by atoms with van der Waals surface area (Å²) in [4.78, 5) is 0. The second-order valence-corrected chi connectivity index (χ2v) is 3.22. The number of benzene rings is 1. The van der Waals surface area contributed by atoms with Crippen molar-refractivity contribution >= 4 is 29.2 Å². The fraction of sp³-hybridized carbons (Fsp3) is 0.222. The molecule has 1 aromatic carbocycles. The third kappa shape index (κ3) is 12.1. The molecule has 13 heavy (non-hydrogen) atoms. The Bertz CT molecular complexity index is 222. The Morgan fingerprint density at radius 1 is 1.54 bits per heavy atom. The molecule has 4 heteroatoms. The van der Waals surface area contributed by atoms with Crippen LogP contribution < -0.4 is 0 Å². The largest absolute Gasteiger partial charge is 2.00 e. The molecule has 0 aromatic heterocycles. The normalized spacial score (nSPS) is 7.54. The van der Waals surface area contributed by atoms with E-state index in [0.717, 1.165) is 6.42 Å². The van der Waals surface area contributed by atoms with Crippen molar-refractivity contribution < 1.29 is 19.5 Å². The first-order valence-electron chi connectivity index (χ1n) is 3.56. The number of thiocarbonyl (C=S) groups is 1. The van der Waals surface area contributed by atoms with Gasteiger partial charge in [0.2, 0.25) is 0 Å². The van der Waals surface area contributed by atoms with Crippen molar-refractivity contribution in [3.05, 3.63) is 41.6 Å². The van der Waals surface area contributed by atoms with Crippen molar-refractivity contribution in [2.75, 3.05) is 0 Å². The van der Waals surface area contributed by atoms with Crippen molar-refractivity contribution in [1.29, 1.82) is 0 Å². The van der Waals surface area contributed by atoms with Gasteiger partial charge in [-0.25, -0.2) is 0 Å². The van der Waals surface area contributed by atoms with E-state index in [2.05, 4.69) is 50.0 Å². The molecule has 0 amide bonds. The summed E-state index contributed by atoms with van der Waals surface area (Å²) in [5.74, 6) is 0. The molecule has 66 valence electrons. The van der Waals surface area contributed by atoms with Crippen LogP contribution in [0.3, 0.4) is 0 Å². The first kappa shape index (κ1) is 15.6. The Balaban J connectivity index is 0. The molecule has 1 aromatic rings. The Labute approximate surface area is 103 Å². The van der Waals surface area contributed by atoms with E-state index in [1.54, 1.807) is 0 Å². The van der Waals surface area contributed by atoms with Gasteiger partial charge in [-0.1, -0.05) is 25.6 Å². The van der Waals surface area contributed by atoms with Gasteiger partial charge >= 0.3 is 19.5 Å². The maximum absolute atomic E-state index is 6.18. The van der Waals surface area contributed by atoms with Gasteiger partial charge in [0.05, 0.1) is 0 Å². The van der Waals surface area contributed by atoms with E-state index in [9.17, 15) is 0 Å². The van der Waals surface area contributed by atoms with Gasteiger partial charge in [0.1, 0.15) is 0 Å². The van der Waals surface area contributed by atoms with Crippen LogP contribution in [0, 0.1) is 6.07 Å². The maximum Gasteiger partial charge on any atom is 2.00 e. The molecule has 0 heterocycles. The Kier molecular flexibility index (Phi) is 12.2. The minimum Gasteiger partial charge on any atom is -0.684 e. The predicted molar refractivity (Wildman–Crippen MR) is 60.6 cm³/mol. The Morgan fingerprint density at radius 3 is 2.15 bits per heavy atom. The molecule has 1 nitrogen and oxygen atoms in total. The monoisotopic (exact) mass is 261 g/mol. The average Bonchev–Trinajstić information content (AvgIpc) is 2.05. The van der Waals surface area contributed by atoms with E-state index < -0.39 is 0 Å². The summed E-state index contributed by atoms with van der Waals surface area (Å²) in [6.07, 6.45) is 1.12. The number of rotatable bonds is 1. The first-order valence-corrected chi connectivity index (χ1v) is 4.42. The molecular formula is C9H11NS2Zn. The third-order valence-electron chi connectivity index (χ3n) is 1.20. The van der Waals surface area contributed by atoms with Crippen LogP contribution in [0.2, 0.25) is 0 Å². The van der Waals surface area contributed by atoms with Crippen LogP contribution >= 0.6 is 24.8 Å². The minimum absolute atomic E-state index is 0. The molecule has 0 atom stereocenters. The van der Waals surface area contributed by atoms with Gasteiger partial charge in [-0.3, -0.25) is 0 Å². The summed E-state index contributed by atoms with van der Waals surface area (Å²) in [6.45, 7) is 2.15. The van der Waals surface area contributed by atoms with Gasteiger partial charge < -0.3 is 5.73 Å². The second kappa shape index (κ2) is 10.2. The van der Waals surface area contributed by atoms with Crippen LogP contribution in [0.1, 0.15) is 12.5 Å². The molecule has 0 fully saturated rings. The molecule has 1 rings (SSSR count). The third-order valence-corrected chi connectivity index (χ3v) is 1.20. The number of hydrogen-bond donors (Lipinski definition) is 1. The Hall–Kier alpha value is 0.0834. The average molecular weight is 263 g/mol. The van der Waals surface area contributed by atoms with Crippen molar-refractivity contribution in [3.63, 3.8) is 0 Å². The minimum atomic E-state index is -0.0556. The Morgan fingerprint density at radius 2 is 1.92 bits per heavy atom. The summed E-state index contributed by atoms with van der Waals surface area (Å²) in [5, 5.41) is 0. The molecule has 1 N–H and O–H groups in total. The molecule has 0 radical (unpaired) electrons. The van der Waals surface area contributed by atoms with Crippen LogP contribution in [0.15, 0.2) is 24.3 Å². The van der Waals surface area contributed by atoms with Gasteiger partial charge in [-0.05, 0) is 4.32 Å². The number of hydrogen-bond acceptors (Lipinski definition) is 1. The van der Waals surface area contributed by atoms with E-state index in [0.29, 0.717) is 0 Å². The molecule has 0 aliphatic heterocycles. The number of thiol groups is 1. The molecule has 0 aliphatic rings. The van der Waals surface area contributed by atoms with Gasteiger partial charge in [0.15, 0.2) is 0 Å². The summed E-state index contributed by atoms with van der Waals surface area (Å²) in [5.41, 5.74) is 7.56. The number of aryl methyl sites for hydroxylation is 1. The zero-order valence-electron chi connectivity index (χ0n) is 7.58. The first-order chi connectivity index (χ1) is 5.66. The van der Waals surface area contributed by atoms with E-state index in [4.69, 9.17) is 5.73 Å². The van der Waals surface area contributed by atoms with Crippen LogP contribution in [-0.2, 0) is 25.9 Å². The van der Waals surface area contributed by atoms with Gasteiger partial charge in [0.25, 0.3) is 0 Å². The topological polar surface area (TPSA) is 23.8 Å². The zero-order chi connectivity index (χ0) is 9.40. The fourth-order valence-electron chi connectivity index (χ4n) is 0.657. The smallest absolute Gasteiger partial charge is 0.684 e. The molecule has 0 aliphatic carbocycles. The second-order valence-electron chi connectivity index (χ2n) is 2.07. The summed E-state index contributed by atoms with van der Waals surface area (Å²) < 4.78 is -0.0556. The van der Waals surface area contributed by atoms with Crippen LogP contribution in [-0.4, -0.2) is 4.32 Å². The van der Waals surface area contributed by atoms with E-state index >= 15 is 0 Å². The standard InChI is InChI=1S/C8H9.CH3NS2.Zn/c1-2-8-6-4-3-5-7-8;2-1(3)4;/h4-7H,2H2,1H3;(H3,2,3,4);/q-1;;+2/p-1. The zero-order valence-corrected chi connectivity index (χ0v) is 12.3. The van der Waals surface area contributed by atoms with Crippen molar-refractivity contribution in [2.45, 2.75) is 13.3 Å². The molecule has 0 saturated heterocycles. The summed E-state index contributed by atoms with van der Waals surface area (Å²) in [6, 6.07) is 11.0. The molecular weight excluding hydrogens is 252 g/mol. The van der Waals surface area contributed by atoms with Crippen molar-refractivity contribution in [3.8, 4) is 0 Å². The van der Waals surface area contributed by atoms with Crippen molar-refractivity contribution in [1.82, 2.24) is 0 Å². The summed E-state index contributed by atoms with van der Waals surface area (Å²) >= 11 is 7.43. The van der Waals surface area contributed by atoms with Crippen molar-refractivity contribution in [2.24, 2.45) is 0 Å². The van der Waals surface area contributed by atoms with Crippen LogP contribution in [0.4, 0.5) is 0 Å². The van der Waals surface area contributed by atoms with Crippen LogP contribution in [0.5, 0.6) is 0 Å². The van der Waals surface area contributed by atoms with Gasteiger partial charge in [0, 0.05) is 0 Å². The molecule has 0 bridgehead atoms. The van der Waals surface area contributed by atoms with E-state index in [1.807, 2.05) is 12.1 Å². The molecule has 0 spiro atoms. The molecule has 0 saturated carbocycles. The molecule has 0 unspecified atom stereocenters. The van der Waals surface area contributed by atoms with E-state index in [-0.39, 0.29) is 23.8 Å². The quantitative estimate of drug-likeness (QED) is 0.357. The number of nitrogens with one attached hydrogen (secondary N) is 1. The van der Waals surface area contributed by atoms with Gasteiger partial charge in [-0.2, -0.15) is 48.5 Å².